The standard InChI is InChI=1S/C27H22N8O2/c1-35(2)19-13-10-17(11-14-19)9-12-18-5-3-8-22(30-18)25(37)34-27-31-21-7-4-6-20(23(21)32-27)24(36)33-26-28-15-16-29-26/h3-8,10-11,13-16H,1-2H3,(H2,28,29,33,36)(H2,31,32,34,37). The first-order valence-corrected chi connectivity index (χ1v) is 11.3. The molecule has 10 heteroatoms. The van der Waals surface area contributed by atoms with Crippen LogP contribution in [0, 0.1) is 11.8 Å². The highest BCUT2D eigenvalue weighted by atomic mass is 16.2. The summed E-state index contributed by atoms with van der Waals surface area (Å²) < 4.78 is 0. The van der Waals surface area contributed by atoms with E-state index in [0.29, 0.717) is 28.2 Å². The summed E-state index contributed by atoms with van der Waals surface area (Å²) in [5.41, 5.74) is 3.91. The van der Waals surface area contributed by atoms with Gasteiger partial charge in [0.15, 0.2) is 0 Å². The third-order valence-corrected chi connectivity index (χ3v) is 5.42. The average Bonchev–Trinajstić information content (AvgIpc) is 3.57. The highest BCUT2D eigenvalue weighted by Gasteiger charge is 2.16. The lowest BCUT2D eigenvalue weighted by Gasteiger charge is -2.11. The van der Waals surface area contributed by atoms with E-state index in [0.717, 1.165) is 11.3 Å². The van der Waals surface area contributed by atoms with E-state index >= 15 is 0 Å². The molecule has 3 aromatic heterocycles. The molecule has 0 saturated carbocycles. The van der Waals surface area contributed by atoms with Crippen molar-refractivity contribution in [2.75, 3.05) is 29.6 Å². The van der Waals surface area contributed by atoms with Gasteiger partial charge in [-0.1, -0.05) is 18.1 Å². The monoisotopic (exact) mass is 490 g/mol. The molecule has 2 aromatic carbocycles. The minimum Gasteiger partial charge on any atom is -0.378 e. The molecule has 0 aliphatic heterocycles. The van der Waals surface area contributed by atoms with Crippen molar-refractivity contribution in [3.63, 3.8) is 0 Å². The summed E-state index contributed by atoms with van der Waals surface area (Å²) in [6.45, 7) is 0. The molecule has 0 saturated heterocycles. The van der Waals surface area contributed by atoms with E-state index in [1.165, 1.54) is 6.20 Å². The van der Waals surface area contributed by atoms with Gasteiger partial charge in [-0.25, -0.2) is 15.0 Å². The van der Waals surface area contributed by atoms with Crippen LogP contribution < -0.4 is 15.5 Å². The Hall–Kier alpha value is -5.43. The quantitative estimate of drug-likeness (QED) is 0.278. The van der Waals surface area contributed by atoms with E-state index in [4.69, 9.17) is 0 Å². The third-order valence-electron chi connectivity index (χ3n) is 5.42. The number of carbonyl (C=O) groups is 2. The van der Waals surface area contributed by atoms with Gasteiger partial charge in [-0.15, -0.1) is 0 Å². The first-order chi connectivity index (χ1) is 18.0. The molecular weight excluding hydrogens is 468 g/mol. The van der Waals surface area contributed by atoms with Gasteiger partial charge in [0.25, 0.3) is 11.8 Å². The van der Waals surface area contributed by atoms with Crippen molar-refractivity contribution in [2.24, 2.45) is 0 Å². The number of benzene rings is 2. The number of H-pyrrole nitrogens is 2. The Balaban J connectivity index is 1.32. The summed E-state index contributed by atoms with van der Waals surface area (Å²) in [5, 5.41) is 5.38. The fourth-order valence-electron chi connectivity index (χ4n) is 3.56. The van der Waals surface area contributed by atoms with E-state index < -0.39 is 5.91 Å². The molecular formula is C27H22N8O2. The van der Waals surface area contributed by atoms with Crippen molar-refractivity contribution in [1.82, 2.24) is 24.9 Å². The molecule has 0 radical (unpaired) electrons. The number of hydrogen-bond donors (Lipinski definition) is 4. The maximum atomic E-state index is 12.9. The van der Waals surface area contributed by atoms with Crippen molar-refractivity contribution in [3.8, 4) is 11.8 Å². The van der Waals surface area contributed by atoms with Gasteiger partial charge in [0.2, 0.25) is 11.9 Å². The van der Waals surface area contributed by atoms with Crippen LogP contribution in [0.3, 0.4) is 0 Å². The Morgan fingerprint density at radius 3 is 2.41 bits per heavy atom. The summed E-state index contributed by atoms with van der Waals surface area (Å²) in [5.74, 6) is 5.74. The number of nitrogens with one attached hydrogen (secondary N) is 4. The summed E-state index contributed by atoms with van der Waals surface area (Å²) in [6, 6.07) is 18.0. The number of hydrogen-bond acceptors (Lipinski definition) is 6. The molecule has 0 aliphatic carbocycles. The smallest absolute Gasteiger partial charge is 0.276 e. The van der Waals surface area contributed by atoms with Crippen LogP contribution in [-0.2, 0) is 0 Å². The predicted octanol–water partition coefficient (Wildman–Crippen LogP) is 3.65. The van der Waals surface area contributed by atoms with Crippen LogP contribution >= 0.6 is 0 Å². The van der Waals surface area contributed by atoms with Crippen molar-refractivity contribution in [2.45, 2.75) is 0 Å². The van der Waals surface area contributed by atoms with E-state index in [2.05, 4.69) is 47.4 Å². The Morgan fingerprint density at radius 1 is 0.865 bits per heavy atom. The Labute approximate surface area is 212 Å². The molecule has 3 heterocycles. The number of imidazole rings is 2. The first-order valence-electron chi connectivity index (χ1n) is 11.3. The second-order valence-electron chi connectivity index (χ2n) is 8.23. The largest absolute Gasteiger partial charge is 0.378 e. The number of pyridine rings is 1. The molecule has 37 heavy (non-hydrogen) atoms. The molecule has 5 rings (SSSR count). The minimum absolute atomic E-state index is 0.186. The van der Waals surface area contributed by atoms with E-state index in [9.17, 15) is 9.59 Å². The molecule has 182 valence electrons. The SMILES string of the molecule is CN(C)c1ccc(C#Cc2cccc(C(=O)Nc3nc4c(C(=O)Nc5ncc[nH]5)cccc4[nH]3)n2)cc1. The zero-order chi connectivity index (χ0) is 25.8. The topological polar surface area (TPSA) is 132 Å². The Kier molecular flexibility index (Phi) is 6.33. The van der Waals surface area contributed by atoms with E-state index in [-0.39, 0.29) is 17.5 Å². The molecule has 0 spiro atoms. The van der Waals surface area contributed by atoms with Crippen LogP contribution in [-0.4, -0.2) is 50.8 Å². The van der Waals surface area contributed by atoms with E-state index in [1.807, 2.05) is 43.3 Å². The maximum absolute atomic E-state index is 12.9. The Bertz CT molecular complexity index is 1640. The van der Waals surface area contributed by atoms with Crippen LogP contribution in [0.1, 0.15) is 32.1 Å². The van der Waals surface area contributed by atoms with Gasteiger partial charge in [0.05, 0.1) is 11.1 Å². The van der Waals surface area contributed by atoms with Crippen LogP contribution in [0.4, 0.5) is 17.6 Å². The van der Waals surface area contributed by atoms with Gasteiger partial charge < -0.3 is 14.9 Å². The van der Waals surface area contributed by atoms with Crippen molar-refractivity contribution in [1.29, 1.82) is 0 Å². The number of fused-ring (bicyclic) bond motifs is 1. The van der Waals surface area contributed by atoms with Gasteiger partial charge in [0.1, 0.15) is 16.9 Å². The van der Waals surface area contributed by atoms with Crippen molar-refractivity contribution < 1.29 is 9.59 Å². The van der Waals surface area contributed by atoms with Crippen molar-refractivity contribution >= 4 is 40.4 Å². The lowest BCUT2D eigenvalue weighted by Crippen LogP contribution is -2.15. The number of aromatic nitrogens is 5. The zero-order valence-electron chi connectivity index (χ0n) is 20.0. The molecule has 0 fully saturated rings. The average molecular weight is 491 g/mol. The highest BCUT2D eigenvalue weighted by molar-refractivity contribution is 6.11. The molecule has 2 amide bonds. The molecule has 10 nitrogen and oxygen atoms in total. The third kappa shape index (κ3) is 5.31. The minimum atomic E-state index is -0.459. The van der Waals surface area contributed by atoms with Gasteiger partial charge in [-0.05, 0) is 54.5 Å². The Morgan fingerprint density at radius 2 is 1.65 bits per heavy atom. The van der Waals surface area contributed by atoms with Crippen LogP contribution in [0.5, 0.6) is 0 Å². The van der Waals surface area contributed by atoms with Gasteiger partial charge in [0, 0.05) is 37.7 Å². The van der Waals surface area contributed by atoms with Crippen LogP contribution in [0.2, 0.25) is 0 Å². The summed E-state index contributed by atoms with van der Waals surface area (Å²) in [4.78, 5) is 46.2. The summed E-state index contributed by atoms with van der Waals surface area (Å²) >= 11 is 0. The number of anilines is 3. The normalized spacial score (nSPS) is 10.4. The van der Waals surface area contributed by atoms with E-state index in [1.54, 1.807) is 42.6 Å². The van der Waals surface area contributed by atoms with Crippen molar-refractivity contribution in [3.05, 3.63) is 95.6 Å². The number of nitrogens with zero attached hydrogens (tertiary/aromatic N) is 4. The van der Waals surface area contributed by atoms with Gasteiger partial charge in [-0.2, -0.15) is 0 Å². The molecule has 0 unspecified atom stereocenters. The highest BCUT2D eigenvalue weighted by Crippen LogP contribution is 2.20. The van der Waals surface area contributed by atoms with Gasteiger partial charge >= 0.3 is 0 Å². The lowest BCUT2D eigenvalue weighted by molar-refractivity contribution is 0.101. The lowest BCUT2D eigenvalue weighted by atomic mass is 10.2. The number of para-hydroxylation sites is 1. The molecule has 0 aliphatic rings. The fourth-order valence-corrected chi connectivity index (χ4v) is 3.56. The maximum Gasteiger partial charge on any atom is 0.276 e. The van der Waals surface area contributed by atoms with Crippen LogP contribution in [0.15, 0.2) is 73.1 Å². The second kappa shape index (κ2) is 10.1. The summed E-state index contributed by atoms with van der Waals surface area (Å²) in [7, 11) is 3.95. The van der Waals surface area contributed by atoms with Crippen LogP contribution in [0.25, 0.3) is 11.0 Å². The summed E-state index contributed by atoms with van der Waals surface area (Å²) in [6.07, 6.45) is 3.14. The number of rotatable bonds is 5. The second-order valence-corrected chi connectivity index (χ2v) is 8.23. The molecule has 0 atom stereocenters. The molecule has 5 aromatic rings. The number of amides is 2. The van der Waals surface area contributed by atoms with Gasteiger partial charge in [-0.3, -0.25) is 20.2 Å². The molecule has 0 bridgehead atoms. The first kappa shape index (κ1) is 23.3. The molecule has 4 N–H and O–H groups in total. The predicted molar refractivity (Wildman–Crippen MR) is 142 cm³/mol. The number of carbonyl (C=O) groups excluding carboxylic acids is 2. The number of aromatic amines is 2. The fraction of sp³-hybridized carbons (Fsp3) is 0.0741. The zero-order valence-corrected chi connectivity index (χ0v) is 20.0.